The van der Waals surface area contributed by atoms with E-state index in [9.17, 15) is 0 Å². The van der Waals surface area contributed by atoms with Gasteiger partial charge in [0.25, 0.3) is 0 Å². The van der Waals surface area contributed by atoms with E-state index in [0.29, 0.717) is 17.2 Å². The van der Waals surface area contributed by atoms with Crippen LogP contribution in [0.4, 0.5) is 5.13 Å². The molecule has 0 saturated heterocycles. The molecule has 2 aromatic carbocycles. The van der Waals surface area contributed by atoms with Crippen LogP contribution in [0, 0.1) is 6.92 Å². The second-order valence-electron chi connectivity index (χ2n) is 5.62. The molecule has 3 rings (SSSR count). The minimum absolute atomic E-state index is 0.549. The summed E-state index contributed by atoms with van der Waals surface area (Å²) in [5.41, 5.74) is 5.86. The number of hydrazone groups is 1. The van der Waals surface area contributed by atoms with Gasteiger partial charge in [-0.05, 0) is 19.1 Å². The molecule has 3 aromatic rings. The van der Waals surface area contributed by atoms with Crippen LogP contribution in [-0.2, 0) is 0 Å². The Morgan fingerprint density at radius 1 is 1.00 bits per heavy atom. The first kappa shape index (κ1) is 18.7. The average Bonchev–Trinajstić information content (AvgIpc) is 3.08. The molecule has 6 nitrogen and oxygen atoms in total. The molecule has 0 aliphatic rings. The van der Waals surface area contributed by atoms with Crippen molar-refractivity contribution in [3.63, 3.8) is 0 Å². The highest BCUT2D eigenvalue weighted by Crippen LogP contribution is 2.37. The Balaban J connectivity index is 1.78. The van der Waals surface area contributed by atoms with Crippen molar-refractivity contribution in [3.05, 3.63) is 52.9 Å². The van der Waals surface area contributed by atoms with Crippen molar-refractivity contribution in [1.82, 2.24) is 4.98 Å². The Kier molecular flexibility index (Phi) is 5.93. The van der Waals surface area contributed by atoms with Gasteiger partial charge in [-0.3, -0.25) is 5.43 Å². The Labute approximate surface area is 162 Å². The molecule has 0 aliphatic heterocycles. The van der Waals surface area contributed by atoms with Crippen LogP contribution < -0.4 is 19.6 Å². The van der Waals surface area contributed by atoms with Crippen LogP contribution in [0.25, 0.3) is 11.3 Å². The van der Waals surface area contributed by atoms with E-state index in [1.54, 1.807) is 38.9 Å². The first-order chi connectivity index (χ1) is 13.2. The van der Waals surface area contributed by atoms with Crippen LogP contribution in [-0.4, -0.2) is 32.5 Å². The lowest BCUT2D eigenvalue weighted by molar-refractivity contribution is 0.324. The standard InChI is InChI=1S/C20H21N3O3S/c1-13-18(15-8-6-5-7-9-15)22-20(27-13)23-21-12-14-10-16(24-2)19(26-4)17(11-14)25-3/h5-12H,1-4H3,(H,22,23)/b21-12+. The number of hydrogen-bond acceptors (Lipinski definition) is 7. The Morgan fingerprint density at radius 2 is 1.67 bits per heavy atom. The highest BCUT2D eigenvalue weighted by Gasteiger charge is 2.12. The van der Waals surface area contributed by atoms with Crippen molar-refractivity contribution in [3.8, 4) is 28.5 Å². The highest BCUT2D eigenvalue weighted by molar-refractivity contribution is 7.15. The van der Waals surface area contributed by atoms with Gasteiger partial charge in [-0.1, -0.05) is 30.3 Å². The number of nitrogens with one attached hydrogen (secondary N) is 1. The average molecular weight is 383 g/mol. The minimum atomic E-state index is 0.549. The Hall–Kier alpha value is -3.06. The van der Waals surface area contributed by atoms with Gasteiger partial charge in [-0.25, -0.2) is 4.98 Å². The van der Waals surface area contributed by atoms with Gasteiger partial charge in [0.1, 0.15) is 0 Å². The van der Waals surface area contributed by atoms with Gasteiger partial charge < -0.3 is 14.2 Å². The quantitative estimate of drug-likeness (QED) is 0.477. The molecule has 0 radical (unpaired) electrons. The molecule has 0 fully saturated rings. The number of aromatic nitrogens is 1. The summed E-state index contributed by atoms with van der Waals surface area (Å²) >= 11 is 1.56. The number of benzene rings is 2. The largest absolute Gasteiger partial charge is 0.493 e. The lowest BCUT2D eigenvalue weighted by Gasteiger charge is -2.12. The molecule has 0 atom stereocenters. The van der Waals surface area contributed by atoms with Crippen molar-refractivity contribution in [2.24, 2.45) is 5.10 Å². The summed E-state index contributed by atoms with van der Waals surface area (Å²) in [7, 11) is 4.74. The second-order valence-corrected chi connectivity index (χ2v) is 6.82. The number of anilines is 1. The third-order valence-electron chi connectivity index (χ3n) is 3.90. The second kappa shape index (κ2) is 8.55. The van der Waals surface area contributed by atoms with Gasteiger partial charge >= 0.3 is 0 Å². The maximum atomic E-state index is 5.35. The van der Waals surface area contributed by atoms with Gasteiger partial charge in [0, 0.05) is 16.0 Å². The summed E-state index contributed by atoms with van der Waals surface area (Å²) in [6, 6.07) is 13.7. The Bertz CT molecular complexity index is 914. The maximum absolute atomic E-state index is 5.35. The van der Waals surface area contributed by atoms with Crippen LogP contribution in [0.15, 0.2) is 47.6 Å². The number of methoxy groups -OCH3 is 3. The van der Waals surface area contributed by atoms with E-state index >= 15 is 0 Å². The van der Waals surface area contributed by atoms with Crippen LogP contribution in [0.2, 0.25) is 0 Å². The van der Waals surface area contributed by atoms with Gasteiger partial charge in [0.2, 0.25) is 10.9 Å². The normalized spacial score (nSPS) is 10.8. The van der Waals surface area contributed by atoms with Gasteiger partial charge in [-0.15, -0.1) is 11.3 Å². The zero-order valence-electron chi connectivity index (χ0n) is 15.6. The fraction of sp³-hybridized carbons (Fsp3) is 0.200. The fourth-order valence-electron chi connectivity index (χ4n) is 2.65. The Morgan fingerprint density at radius 3 is 2.26 bits per heavy atom. The number of nitrogens with zero attached hydrogens (tertiary/aromatic N) is 2. The molecule has 140 valence electrons. The number of aryl methyl sites for hydroxylation is 1. The molecule has 1 heterocycles. The van der Waals surface area contributed by atoms with Crippen LogP contribution in [0.1, 0.15) is 10.4 Å². The van der Waals surface area contributed by atoms with Gasteiger partial charge in [0.05, 0.1) is 33.2 Å². The monoisotopic (exact) mass is 383 g/mol. The summed E-state index contributed by atoms with van der Waals surface area (Å²) in [5, 5.41) is 5.02. The topological polar surface area (TPSA) is 65.0 Å². The molecule has 27 heavy (non-hydrogen) atoms. The van der Waals surface area contributed by atoms with E-state index in [1.807, 2.05) is 49.4 Å². The number of ether oxygens (including phenoxy) is 3. The number of hydrogen-bond donors (Lipinski definition) is 1. The maximum Gasteiger partial charge on any atom is 0.204 e. The summed E-state index contributed by atoms with van der Waals surface area (Å²) in [6.45, 7) is 2.05. The first-order valence-corrected chi connectivity index (χ1v) is 9.09. The lowest BCUT2D eigenvalue weighted by Crippen LogP contribution is -1.97. The predicted octanol–water partition coefficient (Wildman–Crippen LogP) is 4.59. The molecule has 1 aromatic heterocycles. The van der Waals surface area contributed by atoms with E-state index in [-0.39, 0.29) is 0 Å². The van der Waals surface area contributed by atoms with Crippen molar-refractivity contribution in [2.75, 3.05) is 26.8 Å². The smallest absolute Gasteiger partial charge is 0.204 e. The molecule has 0 aliphatic carbocycles. The summed E-state index contributed by atoms with van der Waals surface area (Å²) < 4.78 is 16.0. The van der Waals surface area contributed by atoms with Crippen LogP contribution in [0.5, 0.6) is 17.2 Å². The molecule has 0 saturated carbocycles. The third-order valence-corrected chi connectivity index (χ3v) is 4.78. The van der Waals surface area contributed by atoms with Gasteiger partial charge in [-0.2, -0.15) is 5.10 Å². The molecule has 0 unspecified atom stereocenters. The molecule has 1 N–H and O–H groups in total. The van der Waals surface area contributed by atoms with E-state index in [1.165, 1.54) is 0 Å². The minimum Gasteiger partial charge on any atom is -0.493 e. The molecule has 0 amide bonds. The molecule has 0 bridgehead atoms. The van der Waals surface area contributed by atoms with Gasteiger partial charge in [0.15, 0.2) is 11.5 Å². The summed E-state index contributed by atoms with van der Waals surface area (Å²) in [6.07, 6.45) is 1.68. The SMILES string of the molecule is COc1cc(/C=N/Nc2nc(-c3ccccc3)c(C)s2)cc(OC)c1OC. The zero-order chi connectivity index (χ0) is 19.2. The zero-order valence-corrected chi connectivity index (χ0v) is 16.5. The highest BCUT2D eigenvalue weighted by atomic mass is 32.1. The van der Waals surface area contributed by atoms with Crippen molar-refractivity contribution < 1.29 is 14.2 Å². The van der Waals surface area contributed by atoms with E-state index in [0.717, 1.165) is 26.8 Å². The predicted molar refractivity (Wildman–Crippen MR) is 110 cm³/mol. The fourth-order valence-corrected chi connectivity index (χ4v) is 3.43. The van der Waals surface area contributed by atoms with Crippen molar-refractivity contribution in [2.45, 2.75) is 6.92 Å². The van der Waals surface area contributed by atoms with E-state index in [2.05, 4.69) is 15.5 Å². The van der Waals surface area contributed by atoms with Crippen molar-refractivity contribution in [1.29, 1.82) is 0 Å². The first-order valence-electron chi connectivity index (χ1n) is 8.28. The molecule has 7 heteroatoms. The molecule has 0 spiro atoms. The lowest BCUT2D eigenvalue weighted by atomic mass is 10.1. The van der Waals surface area contributed by atoms with Crippen LogP contribution >= 0.6 is 11.3 Å². The van der Waals surface area contributed by atoms with E-state index in [4.69, 9.17) is 14.2 Å². The van der Waals surface area contributed by atoms with Crippen molar-refractivity contribution >= 4 is 22.7 Å². The summed E-state index contributed by atoms with van der Waals surface area (Å²) in [4.78, 5) is 5.76. The van der Waals surface area contributed by atoms with Crippen LogP contribution in [0.3, 0.4) is 0 Å². The number of rotatable bonds is 7. The number of thiazole rings is 1. The molecular formula is C20H21N3O3S. The molecular weight excluding hydrogens is 362 g/mol. The third kappa shape index (κ3) is 4.20. The van der Waals surface area contributed by atoms with E-state index < -0.39 is 0 Å². The summed E-state index contributed by atoms with van der Waals surface area (Å²) in [5.74, 6) is 1.71.